The van der Waals surface area contributed by atoms with Gasteiger partial charge in [-0.25, -0.2) is 4.79 Å². The molecule has 3 heterocycles. The molecule has 0 N–H and O–H groups in total. The molecule has 2 fully saturated rings. The van der Waals surface area contributed by atoms with E-state index in [1.54, 1.807) is 6.07 Å². The van der Waals surface area contributed by atoms with E-state index in [2.05, 4.69) is 46.6 Å². The average Bonchev–Trinajstić information content (AvgIpc) is 3.20. The Morgan fingerprint density at radius 2 is 1.51 bits per heavy atom. The molecule has 2 unspecified atom stereocenters. The standard InChI is InChI=1S/C29H29N3O3/c1-18-13-14-27(31-30-18)28(33)19-15-20-7-6-8-21(16-19)32(20)29(34)35-17-26-24-11-4-2-9-22(24)23-10-3-5-12-25(23)26/h2-5,9-14,19-21,26H,6-8,15-17H2,1H3. The minimum absolute atomic E-state index is 0.0329. The van der Waals surface area contributed by atoms with Gasteiger partial charge in [-0.1, -0.05) is 48.5 Å². The van der Waals surface area contributed by atoms with Gasteiger partial charge in [-0.3, -0.25) is 4.79 Å². The summed E-state index contributed by atoms with van der Waals surface area (Å²) in [5.74, 6) is -0.0352. The highest BCUT2D eigenvalue weighted by atomic mass is 16.6. The van der Waals surface area contributed by atoms with Crippen LogP contribution in [-0.2, 0) is 4.74 Å². The molecule has 2 atom stereocenters. The average molecular weight is 468 g/mol. The number of carbonyl (C=O) groups is 2. The minimum atomic E-state index is -0.248. The predicted octanol–water partition coefficient (Wildman–Crippen LogP) is 5.55. The fourth-order valence-electron chi connectivity index (χ4n) is 6.30. The van der Waals surface area contributed by atoms with Gasteiger partial charge in [0, 0.05) is 23.9 Å². The molecule has 6 nitrogen and oxygen atoms in total. The van der Waals surface area contributed by atoms with E-state index in [-0.39, 0.29) is 35.8 Å². The number of ketones is 1. The van der Waals surface area contributed by atoms with Crippen LogP contribution in [0.25, 0.3) is 11.1 Å². The first-order valence-electron chi connectivity index (χ1n) is 12.6. The van der Waals surface area contributed by atoms with Crippen molar-refractivity contribution in [3.8, 4) is 11.1 Å². The molecule has 2 saturated heterocycles. The highest BCUT2D eigenvalue weighted by molar-refractivity contribution is 5.96. The largest absolute Gasteiger partial charge is 0.448 e. The van der Waals surface area contributed by atoms with E-state index in [1.165, 1.54) is 22.3 Å². The van der Waals surface area contributed by atoms with Crippen molar-refractivity contribution in [1.29, 1.82) is 0 Å². The number of nitrogens with zero attached hydrogens (tertiary/aromatic N) is 3. The second-order valence-corrected chi connectivity index (χ2v) is 10.0. The Balaban J connectivity index is 1.16. The van der Waals surface area contributed by atoms with E-state index in [4.69, 9.17) is 4.74 Å². The van der Waals surface area contributed by atoms with E-state index < -0.39 is 0 Å². The minimum Gasteiger partial charge on any atom is -0.448 e. The molecular weight excluding hydrogens is 438 g/mol. The monoisotopic (exact) mass is 467 g/mol. The quantitative estimate of drug-likeness (QED) is 0.471. The number of piperidine rings is 2. The summed E-state index contributed by atoms with van der Waals surface area (Å²) >= 11 is 0. The van der Waals surface area contributed by atoms with Crippen molar-refractivity contribution in [2.45, 2.75) is 57.0 Å². The topological polar surface area (TPSA) is 72.4 Å². The fourth-order valence-corrected chi connectivity index (χ4v) is 6.30. The summed E-state index contributed by atoms with van der Waals surface area (Å²) in [6.07, 6.45) is 3.97. The van der Waals surface area contributed by atoms with Gasteiger partial charge in [-0.15, -0.1) is 5.10 Å². The first-order valence-corrected chi connectivity index (χ1v) is 12.6. The lowest BCUT2D eigenvalue weighted by atomic mass is 9.76. The highest BCUT2D eigenvalue weighted by Gasteiger charge is 2.44. The fraction of sp³-hybridized carbons (Fsp3) is 0.379. The maximum atomic E-state index is 13.4. The molecular formula is C29H29N3O3. The number of rotatable bonds is 4. The normalized spacial score (nSPS) is 22.9. The number of amides is 1. The van der Waals surface area contributed by atoms with Crippen LogP contribution in [0.5, 0.6) is 0 Å². The SMILES string of the molecule is Cc1ccc(C(=O)C2CC3CCCC(C2)N3C(=O)OCC2c3ccccc3-c3ccccc32)nn1. The zero-order valence-electron chi connectivity index (χ0n) is 19.9. The summed E-state index contributed by atoms with van der Waals surface area (Å²) < 4.78 is 5.99. The van der Waals surface area contributed by atoms with Crippen LogP contribution in [0.15, 0.2) is 60.7 Å². The molecule has 1 aromatic heterocycles. The Kier molecular flexibility index (Phi) is 5.59. The van der Waals surface area contributed by atoms with Gasteiger partial charge < -0.3 is 9.64 Å². The van der Waals surface area contributed by atoms with Crippen LogP contribution in [0.2, 0.25) is 0 Å². The lowest BCUT2D eigenvalue weighted by molar-refractivity contribution is 0.00639. The zero-order chi connectivity index (χ0) is 23.9. The number of ether oxygens (including phenoxy) is 1. The summed E-state index contributed by atoms with van der Waals surface area (Å²) in [7, 11) is 0. The molecule has 0 radical (unpaired) electrons. The Hall–Kier alpha value is -3.54. The summed E-state index contributed by atoms with van der Waals surface area (Å²) in [6.45, 7) is 2.18. The number of hydrogen-bond donors (Lipinski definition) is 0. The van der Waals surface area contributed by atoms with Crippen molar-refractivity contribution in [3.05, 3.63) is 83.2 Å². The summed E-state index contributed by atoms with van der Waals surface area (Å²) in [6, 6.07) is 20.4. The Bertz CT molecular complexity index is 1210. The Morgan fingerprint density at radius 1 is 0.886 bits per heavy atom. The first-order chi connectivity index (χ1) is 17.1. The summed E-state index contributed by atoms with van der Waals surface area (Å²) in [5, 5.41) is 8.16. The van der Waals surface area contributed by atoms with Gasteiger partial charge in [0.1, 0.15) is 12.3 Å². The van der Waals surface area contributed by atoms with Crippen LogP contribution in [-0.4, -0.2) is 45.7 Å². The van der Waals surface area contributed by atoms with Gasteiger partial charge in [-0.2, -0.15) is 5.10 Å². The van der Waals surface area contributed by atoms with E-state index in [1.807, 2.05) is 30.0 Å². The molecule has 1 amide bonds. The maximum absolute atomic E-state index is 13.4. The van der Waals surface area contributed by atoms with Crippen molar-refractivity contribution in [3.63, 3.8) is 0 Å². The lowest BCUT2D eigenvalue weighted by Crippen LogP contribution is -2.56. The Morgan fingerprint density at radius 3 is 2.11 bits per heavy atom. The summed E-state index contributed by atoms with van der Waals surface area (Å²) in [5.41, 5.74) is 6.09. The van der Waals surface area contributed by atoms with Gasteiger partial charge >= 0.3 is 6.09 Å². The van der Waals surface area contributed by atoms with Gasteiger partial charge in [0.25, 0.3) is 0 Å². The van der Waals surface area contributed by atoms with Crippen molar-refractivity contribution in [2.24, 2.45) is 5.92 Å². The first kappa shape index (κ1) is 22.0. The van der Waals surface area contributed by atoms with Gasteiger partial charge in [0.2, 0.25) is 0 Å². The second-order valence-electron chi connectivity index (χ2n) is 10.0. The smallest absolute Gasteiger partial charge is 0.410 e. The zero-order valence-corrected chi connectivity index (χ0v) is 19.9. The molecule has 0 saturated carbocycles. The number of hydrogen-bond acceptors (Lipinski definition) is 5. The van der Waals surface area contributed by atoms with Crippen LogP contribution in [0, 0.1) is 12.8 Å². The number of aryl methyl sites for hydroxylation is 1. The third kappa shape index (κ3) is 3.91. The molecule has 2 aliphatic heterocycles. The third-order valence-corrected chi connectivity index (χ3v) is 7.94. The molecule has 0 spiro atoms. The summed E-state index contributed by atoms with van der Waals surface area (Å²) in [4.78, 5) is 28.4. The number of benzene rings is 2. The van der Waals surface area contributed by atoms with Crippen LogP contribution in [0.4, 0.5) is 4.79 Å². The van der Waals surface area contributed by atoms with Gasteiger partial charge in [0.05, 0.1) is 5.69 Å². The van der Waals surface area contributed by atoms with Crippen molar-refractivity contribution >= 4 is 11.9 Å². The number of carbonyl (C=O) groups excluding carboxylic acids is 2. The van der Waals surface area contributed by atoms with E-state index in [0.29, 0.717) is 25.1 Å². The molecule has 3 aromatic rings. The lowest BCUT2D eigenvalue weighted by Gasteiger charge is -2.47. The predicted molar refractivity (Wildman–Crippen MR) is 132 cm³/mol. The van der Waals surface area contributed by atoms with Crippen LogP contribution in [0.1, 0.15) is 65.3 Å². The van der Waals surface area contributed by atoms with Crippen molar-refractivity contribution < 1.29 is 14.3 Å². The Labute approximate surface area is 205 Å². The van der Waals surface area contributed by atoms with Gasteiger partial charge in [-0.05, 0) is 73.4 Å². The third-order valence-electron chi connectivity index (χ3n) is 7.94. The number of Topliss-reactive ketones (excluding diaryl/α,β-unsaturated/α-hetero) is 1. The van der Waals surface area contributed by atoms with Crippen molar-refractivity contribution in [2.75, 3.05) is 6.61 Å². The van der Waals surface area contributed by atoms with Crippen LogP contribution in [0.3, 0.4) is 0 Å². The molecule has 1 aliphatic carbocycles. The highest BCUT2D eigenvalue weighted by Crippen LogP contribution is 2.45. The van der Waals surface area contributed by atoms with Crippen LogP contribution < -0.4 is 0 Å². The molecule has 35 heavy (non-hydrogen) atoms. The maximum Gasteiger partial charge on any atom is 0.410 e. The molecule has 178 valence electrons. The number of aromatic nitrogens is 2. The van der Waals surface area contributed by atoms with Gasteiger partial charge in [0.15, 0.2) is 5.78 Å². The molecule has 6 heteroatoms. The van der Waals surface area contributed by atoms with E-state index >= 15 is 0 Å². The second kappa shape index (κ2) is 8.91. The molecule has 2 aromatic carbocycles. The van der Waals surface area contributed by atoms with E-state index in [9.17, 15) is 9.59 Å². The molecule has 2 bridgehead atoms. The number of fused-ring (bicyclic) bond motifs is 5. The van der Waals surface area contributed by atoms with Crippen LogP contribution >= 0.6 is 0 Å². The van der Waals surface area contributed by atoms with Crippen molar-refractivity contribution in [1.82, 2.24) is 15.1 Å². The molecule has 3 aliphatic rings. The molecule has 6 rings (SSSR count). The van der Waals surface area contributed by atoms with E-state index in [0.717, 1.165) is 25.0 Å².